The average Bonchev–Trinajstić information content (AvgIpc) is 3.45. The van der Waals surface area contributed by atoms with Crippen LogP contribution >= 0.6 is 0 Å². The summed E-state index contributed by atoms with van der Waals surface area (Å²) in [5.41, 5.74) is 16.7. The summed E-state index contributed by atoms with van der Waals surface area (Å²) >= 11 is 0. The highest BCUT2D eigenvalue weighted by atomic mass is 35.5. The number of nitrogens with two attached hydrogens (primary N) is 6. The van der Waals surface area contributed by atoms with E-state index in [1.165, 1.54) is 11.4 Å². The first-order chi connectivity index (χ1) is 14.7. The van der Waals surface area contributed by atoms with Crippen LogP contribution in [0.4, 0.5) is 0 Å². The quantitative estimate of drug-likeness (QED) is 0.125. The van der Waals surface area contributed by atoms with Gasteiger partial charge in [0, 0.05) is 0 Å². The van der Waals surface area contributed by atoms with E-state index in [9.17, 15) is 0 Å². The number of rotatable bonds is 10. The van der Waals surface area contributed by atoms with Gasteiger partial charge >= 0.3 is 0 Å². The fourth-order valence-electron chi connectivity index (χ4n) is 3.03. The second-order valence-corrected chi connectivity index (χ2v) is 7.13. The van der Waals surface area contributed by atoms with Gasteiger partial charge in [-0.2, -0.15) is 0 Å². The van der Waals surface area contributed by atoms with E-state index in [1.54, 1.807) is 12.7 Å². The first-order valence-electron chi connectivity index (χ1n) is 10.1. The van der Waals surface area contributed by atoms with E-state index in [0.29, 0.717) is 25.0 Å². The van der Waals surface area contributed by atoms with Gasteiger partial charge < -0.3 is 61.1 Å². The highest BCUT2D eigenvalue weighted by Crippen LogP contribution is 2.07. The van der Waals surface area contributed by atoms with Crippen molar-refractivity contribution < 1.29 is 70.9 Å². The molecule has 1 aromatic carbocycles. The summed E-state index contributed by atoms with van der Waals surface area (Å²) in [6, 6.07) is 8.20. The number of hydrogen-bond donors (Lipinski definition) is 6. The van der Waals surface area contributed by atoms with Crippen LogP contribution in [0.2, 0.25) is 0 Å². The zero-order chi connectivity index (χ0) is 21.0. The first-order valence-corrected chi connectivity index (χ1v) is 10.1. The van der Waals surface area contributed by atoms with Crippen LogP contribution in [0.15, 0.2) is 68.0 Å². The third-order valence-corrected chi connectivity index (χ3v) is 4.68. The third kappa shape index (κ3) is 13.0. The third-order valence-electron chi connectivity index (χ3n) is 4.68. The highest BCUT2D eigenvalue weighted by Gasteiger charge is 2.08. The lowest BCUT2D eigenvalue weighted by Gasteiger charge is -2.03. The molecule has 0 spiro atoms. The Morgan fingerprint density at radius 1 is 0.765 bits per heavy atom. The van der Waals surface area contributed by atoms with Crippen molar-refractivity contribution in [3.05, 3.63) is 59.2 Å². The van der Waals surface area contributed by atoms with Crippen LogP contribution in [0.1, 0.15) is 24.0 Å². The summed E-state index contributed by atoms with van der Waals surface area (Å²) in [6.07, 6.45) is 9.20. The molecule has 10 nitrogen and oxygen atoms in total. The van der Waals surface area contributed by atoms with Crippen molar-refractivity contribution in [3.63, 3.8) is 0 Å². The second kappa shape index (κ2) is 19.3. The SMILES string of the molecule is NC(=NCc1cccc(CN=C(N)[NH2+]CCC2=CN=C[NH2+]2)c1)[NH2+]CCC1=CN=C[NH2+]1.[Cl-].[Cl-].[Cl-].[Cl-]. The Hall–Kier alpha value is -2.02. The Bertz CT molecular complexity index is 843. The Morgan fingerprint density at radius 2 is 1.21 bits per heavy atom. The van der Waals surface area contributed by atoms with E-state index in [1.807, 2.05) is 51.9 Å². The normalized spacial score (nSPS) is 14.4. The molecule has 0 amide bonds. The lowest BCUT2D eigenvalue weighted by Crippen LogP contribution is -3.00. The summed E-state index contributed by atoms with van der Waals surface area (Å²) in [5.74, 6) is 1.13. The van der Waals surface area contributed by atoms with E-state index < -0.39 is 0 Å². The molecule has 0 radical (unpaired) electrons. The van der Waals surface area contributed by atoms with E-state index in [-0.39, 0.29) is 49.6 Å². The molecule has 0 fully saturated rings. The molecule has 14 heteroatoms. The van der Waals surface area contributed by atoms with Crippen molar-refractivity contribution in [1.82, 2.24) is 0 Å². The molecule has 190 valence electrons. The summed E-state index contributed by atoms with van der Waals surface area (Å²) < 4.78 is 0. The van der Waals surface area contributed by atoms with Gasteiger partial charge in [-0.1, -0.05) is 24.3 Å². The van der Waals surface area contributed by atoms with Crippen molar-refractivity contribution in [2.75, 3.05) is 13.1 Å². The predicted octanol–water partition coefficient (Wildman–Crippen LogP) is -15.9. The summed E-state index contributed by atoms with van der Waals surface area (Å²) in [4.78, 5) is 17.0. The van der Waals surface area contributed by atoms with Crippen molar-refractivity contribution >= 4 is 24.6 Å². The molecule has 0 unspecified atom stereocenters. The summed E-state index contributed by atoms with van der Waals surface area (Å²) in [6.45, 7) is 2.81. The number of aliphatic imine (C=N–C) groups is 4. The summed E-state index contributed by atoms with van der Waals surface area (Å²) in [5, 5.41) is 7.95. The average molecular weight is 554 g/mol. The smallest absolute Gasteiger partial charge is 0.291 e. The van der Waals surface area contributed by atoms with E-state index in [4.69, 9.17) is 11.5 Å². The van der Waals surface area contributed by atoms with Crippen LogP contribution in [0.25, 0.3) is 0 Å². The van der Waals surface area contributed by atoms with Gasteiger partial charge in [0.25, 0.3) is 11.9 Å². The van der Waals surface area contributed by atoms with Gasteiger partial charge in [-0.05, 0) is 11.1 Å². The van der Waals surface area contributed by atoms with Crippen molar-refractivity contribution in [1.29, 1.82) is 0 Å². The van der Waals surface area contributed by atoms with Gasteiger partial charge in [0.05, 0.1) is 51.4 Å². The Balaban J connectivity index is 0. The molecule has 0 aliphatic carbocycles. The predicted molar refractivity (Wildman–Crippen MR) is 117 cm³/mol. The van der Waals surface area contributed by atoms with Crippen LogP contribution < -0.4 is 82.4 Å². The van der Waals surface area contributed by atoms with Crippen LogP contribution in [0.3, 0.4) is 0 Å². The van der Waals surface area contributed by atoms with Crippen LogP contribution in [-0.2, 0) is 13.1 Å². The van der Waals surface area contributed by atoms with Crippen molar-refractivity contribution in [2.24, 2.45) is 31.4 Å². The molecule has 0 atom stereocenters. The molecule has 0 saturated heterocycles. The molecule has 0 saturated carbocycles. The lowest BCUT2D eigenvalue weighted by molar-refractivity contribution is -0.550. The highest BCUT2D eigenvalue weighted by molar-refractivity contribution is 5.67. The molecular formula is C20H32Cl4N10. The largest absolute Gasteiger partial charge is 1.00 e. The van der Waals surface area contributed by atoms with Gasteiger partial charge in [-0.15, -0.1) is 0 Å². The topological polar surface area (TPSA) is 168 Å². The van der Waals surface area contributed by atoms with E-state index in [2.05, 4.69) is 26.0 Å². The molecule has 2 heterocycles. The van der Waals surface area contributed by atoms with E-state index in [0.717, 1.165) is 37.1 Å². The lowest BCUT2D eigenvalue weighted by atomic mass is 10.1. The van der Waals surface area contributed by atoms with Crippen molar-refractivity contribution in [2.45, 2.75) is 25.9 Å². The second-order valence-electron chi connectivity index (χ2n) is 7.13. The monoisotopic (exact) mass is 552 g/mol. The Labute approximate surface area is 224 Å². The maximum atomic E-state index is 6.01. The molecule has 2 aliphatic rings. The standard InChI is InChI=1S/C20H28N10.4ClH/c21-19(25-6-4-17-11-23-13-29-17)27-9-15-2-1-3-16(8-15)10-28-20(22)26-7-5-18-12-24-14-30-18;;;;/h1-3,8,11-14H,4-7,9-10H2,(H,23,29)(H,24,30)(H3,21,25,27)(H3,22,26,28);4*1H. The molecule has 34 heavy (non-hydrogen) atoms. The zero-order valence-electron chi connectivity index (χ0n) is 18.6. The first kappa shape index (κ1) is 34.1. The minimum absolute atomic E-state index is 0. The van der Waals surface area contributed by atoms with Crippen LogP contribution in [0, 0.1) is 0 Å². The van der Waals surface area contributed by atoms with Crippen LogP contribution in [0.5, 0.6) is 0 Å². The molecule has 0 bridgehead atoms. The fourth-order valence-corrected chi connectivity index (χ4v) is 3.03. The van der Waals surface area contributed by atoms with Crippen LogP contribution in [-0.4, -0.2) is 37.7 Å². The number of nitrogens with zero attached hydrogens (tertiary/aromatic N) is 4. The Kier molecular flexibility index (Phi) is 19.4. The maximum absolute atomic E-state index is 6.01. The minimum Gasteiger partial charge on any atom is -1.00 e. The minimum atomic E-state index is 0. The van der Waals surface area contributed by atoms with Crippen molar-refractivity contribution in [3.8, 4) is 0 Å². The molecule has 2 aliphatic heterocycles. The number of guanidine groups is 2. The molecule has 1 aromatic rings. The van der Waals surface area contributed by atoms with Gasteiger partial charge in [0.1, 0.15) is 11.4 Å². The molecule has 3 rings (SSSR count). The fraction of sp³-hybridized carbons (Fsp3) is 0.300. The van der Waals surface area contributed by atoms with E-state index >= 15 is 0 Å². The molecule has 0 aromatic heterocycles. The molecule has 12 N–H and O–H groups in total. The maximum Gasteiger partial charge on any atom is 0.291 e. The molecular weight excluding hydrogens is 522 g/mol. The van der Waals surface area contributed by atoms with Gasteiger partial charge in [0.15, 0.2) is 12.7 Å². The van der Waals surface area contributed by atoms with Gasteiger partial charge in [-0.25, -0.2) is 20.0 Å². The van der Waals surface area contributed by atoms with Gasteiger partial charge in [-0.3, -0.25) is 21.3 Å². The van der Waals surface area contributed by atoms with Gasteiger partial charge in [0.2, 0.25) is 0 Å². The number of benzene rings is 1. The number of quaternary nitrogens is 4. The number of halogens is 4. The zero-order valence-corrected chi connectivity index (χ0v) is 21.6. The summed E-state index contributed by atoms with van der Waals surface area (Å²) in [7, 11) is 0. The Morgan fingerprint density at radius 3 is 1.59 bits per heavy atom. The number of hydrogen-bond acceptors (Lipinski definition) is 4.